The van der Waals surface area contributed by atoms with Gasteiger partial charge in [0.1, 0.15) is 5.70 Å². The molecule has 0 radical (unpaired) electrons. The van der Waals surface area contributed by atoms with Crippen molar-refractivity contribution in [1.29, 1.82) is 0 Å². The number of anilines is 1. The average Bonchev–Trinajstić information content (AvgIpc) is 2.54. The Balaban J connectivity index is 3.17. The Kier molecular flexibility index (Phi) is 6.12. The quantitative estimate of drug-likeness (QED) is 0.500. The number of ether oxygens (including phenoxy) is 3. The highest BCUT2D eigenvalue weighted by atomic mass is 16.5. The maximum Gasteiger partial charge on any atom is 0.354 e. The number of carbonyl (C=O) groups is 3. The van der Waals surface area contributed by atoms with E-state index >= 15 is 0 Å². The SMILES string of the molecule is COC(=O)/C=C(/Nc1cc(C(=O)OC)ccc1C)C(=O)OC. The van der Waals surface area contributed by atoms with Crippen molar-refractivity contribution in [1.82, 2.24) is 0 Å². The summed E-state index contributed by atoms with van der Waals surface area (Å²) in [6.07, 6.45) is 0.968. The molecule has 22 heavy (non-hydrogen) atoms. The maximum absolute atomic E-state index is 11.7. The van der Waals surface area contributed by atoms with Crippen LogP contribution in [0.5, 0.6) is 0 Å². The summed E-state index contributed by atoms with van der Waals surface area (Å²) >= 11 is 0. The van der Waals surface area contributed by atoms with E-state index in [0.29, 0.717) is 11.3 Å². The van der Waals surface area contributed by atoms with Crippen LogP contribution in [0.2, 0.25) is 0 Å². The van der Waals surface area contributed by atoms with E-state index in [4.69, 9.17) is 0 Å². The molecule has 0 spiro atoms. The van der Waals surface area contributed by atoms with Gasteiger partial charge in [-0.25, -0.2) is 14.4 Å². The van der Waals surface area contributed by atoms with Gasteiger partial charge < -0.3 is 19.5 Å². The van der Waals surface area contributed by atoms with Crippen LogP contribution >= 0.6 is 0 Å². The van der Waals surface area contributed by atoms with Gasteiger partial charge in [0.25, 0.3) is 0 Å². The van der Waals surface area contributed by atoms with Crippen LogP contribution in [0, 0.1) is 6.92 Å². The van der Waals surface area contributed by atoms with Crippen molar-refractivity contribution in [3.8, 4) is 0 Å². The molecular formula is C15H17NO6. The van der Waals surface area contributed by atoms with Gasteiger partial charge in [0.15, 0.2) is 0 Å². The fraction of sp³-hybridized carbons (Fsp3) is 0.267. The van der Waals surface area contributed by atoms with E-state index in [-0.39, 0.29) is 5.70 Å². The van der Waals surface area contributed by atoms with Gasteiger partial charge in [-0.3, -0.25) is 0 Å². The molecule has 1 aromatic carbocycles. The first-order valence-electron chi connectivity index (χ1n) is 6.26. The standard InChI is InChI=1S/C15H17NO6/c1-9-5-6-10(14(18)21-3)7-11(9)16-12(15(19)22-4)8-13(17)20-2/h5-8,16H,1-4H3/b12-8+. The summed E-state index contributed by atoms with van der Waals surface area (Å²) in [7, 11) is 3.65. The molecule has 1 rings (SSSR count). The molecule has 0 heterocycles. The minimum Gasteiger partial charge on any atom is -0.466 e. The van der Waals surface area contributed by atoms with E-state index in [9.17, 15) is 14.4 Å². The number of benzene rings is 1. The van der Waals surface area contributed by atoms with Crippen LogP contribution < -0.4 is 5.32 Å². The minimum absolute atomic E-state index is 0.112. The molecule has 1 N–H and O–H groups in total. The molecular weight excluding hydrogens is 290 g/mol. The van der Waals surface area contributed by atoms with Crippen molar-refractivity contribution in [3.05, 3.63) is 41.1 Å². The Morgan fingerprint density at radius 1 is 1.05 bits per heavy atom. The Hall–Kier alpha value is -2.83. The lowest BCUT2D eigenvalue weighted by Crippen LogP contribution is -2.16. The van der Waals surface area contributed by atoms with Crippen LogP contribution in [0.3, 0.4) is 0 Å². The maximum atomic E-state index is 11.7. The first-order valence-corrected chi connectivity index (χ1v) is 6.26. The molecule has 0 unspecified atom stereocenters. The summed E-state index contributed by atoms with van der Waals surface area (Å²) in [6.45, 7) is 1.77. The van der Waals surface area contributed by atoms with Crippen molar-refractivity contribution in [3.63, 3.8) is 0 Å². The first kappa shape index (κ1) is 17.2. The molecule has 7 nitrogen and oxygen atoms in total. The van der Waals surface area contributed by atoms with Gasteiger partial charge in [0.2, 0.25) is 0 Å². The van der Waals surface area contributed by atoms with Gasteiger partial charge in [-0.2, -0.15) is 0 Å². The number of hydrogen-bond donors (Lipinski definition) is 1. The van der Waals surface area contributed by atoms with Crippen LogP contribution in [0.25, 0.3) is 0 Å². The van der Waals surface area contributed by atoms with Crippen molar-refractivity contribution in [2.45, 2.75) is 6.92 Å². The molecule has 0 aliphatic heterocycles. The predicted octanol–water partition coefficient (Wildman–Crippen LogP) is 1.42. The number of aryl methyl sites for hydroxylation is 1. The summed E-state index contributed by atoms with van der Waals surface area (Å²) in [5.74, 6) is -1.97. The fourth-order valence-corrected chi connectivity index (χ4v) is 1.58. The molecule has 0 atom stereocenters. The Labute approximate surface area is 127 Å². The number of rotatable bonds is 5. The second kappa shape index (κ2) is 7.82. The third-order valence-electron chi connectivity index (χ3n) is 2.80. The summed E-state index contributed by atoms with van der Waals surface area (Å²) < 4.78 is 13.7. The average molecular weight is 307 g/mol. The van der Waals surface area contributed by atoms with Crippen LogP contribution in [0.15, 0.2) is 30.0 Å². The van der Waals surface area contributed by atoms with Gasteiger partial charge >= 0.3 is 17.9 Å². The highest BCUT2D eigenvalue weighted by molar-refractivity contribution is 5.99. The smallest absolute Gasteiger partial charge is 0.354 e. The second-order valence-electron chi connectivity index (χ2n) is 4.22. The molecule has 0 bridgehead atoms. The summed E-state index contributed by atoms with van der Waals surface area (Å²) in [4.78, 5) is 34.6. The van der Waals surface area contributed by atoms with E-state index in [1.165, 1.54) is 27.4 Å². The Morgan fingerprint density at radius 3 is 2.27 bits per heavy atom. The summed E-state index contributed by atoms with van der Waals surface area (Å²) in [5.41, 5.74) is 1.41. The fourth-order valence-electron chi connectivity index (χ4n) is 1.58. The van der Waals surface area contributed by atoms with E-state index in [1.54, 1.807) is 19.1 Å². The van der Waals surface area contributed by atoms with Gasteiger partial charge in [0.05, 0.1) is 33.0 Å². The first-order chi connectivity index (χ1) is 10.4. The Morgan fingerprint density at radius 2 is 1.73 bits per heavy atom. The number of hydrogen-bond acceptors (Lipinski definition) is 7. The third-order valence-corrected chi connectivity index (χ3v) is 2.80. The lowest BCUT2D eigenvalue weighted by atomic mass is 10.1. The number of methoxy groups -OCH3 is 3. The highest BCUT2D eigenvalue weighted by Gasteiger charge is 2.15. The van der Waals surface area contributed by atoms with Crippen LogP contribution in [0.1, 0.15) is 15.9 Å². The summed E-state index contributed by atoms with van der Waals surface area (Å²) in [5, 5.41) is 2.76. The second-order valence-corrected chi connectivity index (χ2v) is 4.22. The number of esters is 3. The zero-order valence-corrected chi connectivity index (χ0v) is 12.8. The van der Waals surface area contributed by atoms with Gasteiger partial charge in [-0.15, -0.1) is 0 Å². The molecule has 0 fully saturated rings. The molecule has 0 aliphatic carbocycles. The van der Waals surface area contributed by atoms with Gasteiger partial charge in [0, 0.05) is 5.69 Å². The normalized spacial score (nSPS) is 10.6. The third kappa shape index (κ3) is 4.34. The van der Waals surface area contributed by atoms with Crippen molar-refractivity contribution in [2.75, 3.05) is 26.6 Å². The van der Waals surface area contributed by atoms with Gasteiger partial charge in [-0.05, 0) is 24.6 Å². The topological polar surface area (TPSA) is 90.9 Å². The molecule has 0 aliphatic rings. The van der Waals surface area contributed by atoms with Crippen molar-refractivity contribution < 1.29 is 28.6 Å². The monoisotopic (exact) mass is 307 g/mol. The van der Waals surface area contributed by atoms with E-state index in [2.05, 4.69) is 19.5 Å². The molecule has 0 saturated carbocycles. The zero-order chi connectivity index (χ0) is 16.7. The molecule has 0 aromatic heterocycles. The van der Waals surface area contributed by atoms with Crippen LogP contribution in [-0.2, 0) is 23.8 Å². The minimum atomic E-state index is -0.742. The number of nitrogens with one attached hydrogen (secondary N) is 1. The lowest BCUT2D eigenvalue weighted by Gasteiger charge is -2.12. The van der Waals surface area contributed by atoms with E-state index < -0.39 is 17.9 Å². The lowest BCUT2D eigenvalue weighted by molar-refractivity contribution is -0.138. The largest absolute Gasteiger partial charge is 0.466 e. The van der Waals surface area contributed by atoms with Crippen molar-refractivity contribution in [2.24, 2.45) is 0 Å². The molecule has 118 valence electrons. The van der Waals surface area contributed by atoms with Crippen molar-refractivity contribution >= 4 is 23.6 Å². The summed E-state index contributed by atoms with van der Waals surface area (Å²) in [6, 6.07) is 4.78. The molecule has 1 aromatic rings. The van der Waals surface area contributed by atoms with Crippen LogP contribution in [0.4, 0.5) is 5.69 Å². The molecule has 0 amide bonds. The van der Waals surface area contributed by atoms with E-state index in [0.717, 1.165) is 11.6 Å². The Bertz CT molecular complexity index is 620. The van der Waals surface area contributed by atoms with Gasteiger partial charge in [-0.1, -0.05) is 6.07 Å². The highest BCUT2D eigenvalue weighted by Crippen LogP contribution is 2.20. The predicted molar refractivity (Wildman–Crippen MR) is 78.3 cm³/mol. The molecule has 7 heteroatoms. The zero-order valence-electron chi connectivity index (χ0n) is 12.8. The van der Waals surface area contributed by atoms with Crippen LogP contribution in [-0.4, -0.2) is 39.2 Å². The molecule has 0 saturated heterocycles. The number of carbonyl (C=O) groups excluding carboxylic acids is 3. The van der Waals surface area contributed by atoms with E-state index in [1.807, 2.05) is 0 Å².